The molecule has 1 saturated carbocycles. The molecule has 2 aromatic heterocycles. The highest BCUT2D eigenvalue weighted by molar-refractivity contribution is 7.14. The molecule has 230 valence electrons. The number of hydrogen-bond donors (Lipinski definition) is 3. The number of benzene rings is 1. The van der Waals surface area contributed by atoms with Gasteiger partial charge in [-0.1, -0.05) is 37.3 Å². The second-order valence-electron chi connectivity index (χ2n) is 11.7. The van der Waals surface area contributed by atoms with Gasteiger partial charge in [0.1, 0.15) is 6.04 Å². The standard InChI is InChI=1S/C33H42ClN5O3S/c1-21-27(19-25(34)20-35-21)36-22(2)30-12-13-31(43-30)33(41)38-28(17-23-7-4-5-8-23)32(40)37-26-10-11-29-24(18-26)9-6-14-39(29)15-16-42-3/h10-13,18-20,22-23,28,36H,4-9,14-17H2,1-3H3,(H,37,40)(H,38,41). The molecule has 1 aliphatic carbocycles. The van der Waals surface area contributed by atoms with Crippen molar-refractivity contribution in [1.29, 1.82) is 0 Å². The first kappa shape index (κ1) is 31.3. The molecule has 1 fully saturated rings. The highest BCUT2D eigenvalue weighted by atomic mass is 35.5. The molecule has 3 aromatic rings. The fraction of sp³-hybridized carbons (Fsp3) is 0.485. The van der Waals surface area contributed by atoms with Gasteiger partial charge in [0, 0.05) is 42.6 Å². The minimum absolute atomic E-state index is 0.0440. The van der Waals surface area contributed by atoms with Crippen LogP contribution in [0, 0.1) is 12.8 Å². The van der Waals surface area contributed by atoms with Gasteiger partial charge in [0.15, 0.2) is 0 Å². The molecule has 0 bridgehead atoms. The van der Waals surface area contributed by atoms with Crippen molar-refractivity contribution in [3.05, 3.63) is 68.6 Å². The number of hydrogen-bond acceptors (Lipinski definition) is 7. The number of ether oxygens (including phenoxy) is 1. The fourth-order valence-corrected chi connectivity index (χ4v) is 7.19. The van der Waals surface area contributed by atoms with E-state index in [4.69, 9.17) is 16.3 Å². The van der Waals surface area contributed by atoms with Crippen LogP contribution >= 0.6 is 22.9 Å². The number of pyridine rings is 1. The number of carbonyl (C=O) groups excluding carboxylic acids is 2. The molecular weight excluding hydrogens is 582 g/mol. The Morgan fingerprint density at radius 1 is 1.16 bits per heavy atom. The number of rotatable bonds is 12. The predicted molar refractivity (Wildman–Crippen MR) is 176 cm³/mol. The number of amides is 2. The molecule has 2 aliphatic rings. The predicted octanol–water partition coefficient (Wildman–Crippen LogP) is 6.99. The number of aromatic nitrogens is 1. The van der Waals surface area contributed by atoms with Crippen LogP contribution < -0.4 is 20.9 Å². The summed E-state index contributed by atoms with van der Waals surface area (Å²) in [4.78, 5) is 35.3. The van der Waals surface area contributed by atoms with Crippen LogP contribution in [-0.4, -0.2) is 49.6 Å². The Kier molecular flexibility index (Phi) is 10.6. The first-order valence-electron chi connectivity index (χ1n) is 15.3. The number of halogens is 1. The van der Waals surface area contributed by atoms with E-state index in [0.29, 0.717) is 28.8 Å². The van der Waals surface area contributed by atoms with Crippen LogP contribution in [0.2, 0.25) is 5.02 Å². The minimum atomic E-state index is -0.605. The lowest BCUT2D eigenvalue weighted by molar-refractivity contribution is -0.118. The van der Waals surface area contributed by atoms with Crippen LogP contribution in [0.3, 0.4) is 0 Å². The van der Waals surface area contributed by atoms with Crippen molar-refractivity contribution in [3.63, 3.8) is 0 Å². The summed E-state index contributed by atoms with van der Waals surface area (Å²) >= 11 is 7.57. The largest absolute Gasteiger partial charge is 0.383 e. The topological polar surface area (TPSA) is 95.6 Å². The van der Waals surface area contributed by atoms with Gasteiger partial charge in [0.05, 0.1) is 33.9 Å². The van der Waals surface area contributed by atoms with Crippen molar-refractivity contribution < 1.29 is 14.3 Å². The van der Waals surface area contributed by atoms with E-state index in [2.05, 4.69) is 38.0 Å². The van der Waals surface area contributed by atoms with E-state index in [1.807, 2.05) is 38.1 Å². The summed E-state index contributed by atoms with van der Waals surface area (Å²) in [7, 11) is 1.72. The molecule has 43 heavy (non-hydrogen) atoms. The number of nitrogens with one attached hydrogen (secondary N) is 3. The summed E-state index contributed by atoms with van der Waals surface area (Å²) in [6, 6.07) is 11.1. The maximum atomic E-state index is 13.6. The maximum Gasteiger partial charge on any atom is 0.262 e. The summed E-state index contributed by atoms with van der Waals surface area (Å²) in [5.74, 6) is 0.0519. The lowest BCUT2D eigenvalue weighted by Gasteiger charge is -2.31. The third-order valence-corrected chi connectivity index (χ3v) is 9.97. The molecule has 8 nitrogen and oxygen atoms in total. The van der Waals surface area contributed by atoms with Crippen molar-refractivity contribution in [3.8, 4) is 0 Å². The Morgan fingerprint density at radius 3 is 2.77 bits per heavy atom. The molecule has 3 heterocycles. The van der Waals surface area contributed by atoms with Crippen molar-refractivity contribution >= 4 is 51.8 Å². The average Bonchev–Trinajstić information content (AvgIpc) is 3.70. The highest BCUT2D eigenvalue weighted by Gasteiger charge is 2.28. The van der Waals surface area contributed by atoms with Crippen LogP contribution in [-0.2, 0) is 16.0 Å². The summed E-state index contributed by atoms with van der Waals surface area (Å²) in [6.45, 7) is 6.51. The molecule has 2 amide bonds. The lowest BCUT2D eigenvalue weighted by Crippen LogP contribution is -2.44. The first-order chi connectivity index (χ1) is 20.8. The number of aryl methyl sites for hydroxylation is 2. The first-order valence-corrected chi connectivity index (χ1v) is 16.5. The smallest absolute Gasteiger partial charge is 0.262 e. The number of nitrogens with zero attached hydrogens (tertiary/aromatic N) is 2. The van der Waals surface area contributed by atoms with E-state index >= 15 is 0 Å². The zero-order chi connectivity index (χ0) is 30.3. The van der Waals surface area contributed by atoms with Gasteiger partial charge in [0.2, 0.25) is 5.91 Å². The number of fused-ring (bicyclic) bond motifs is 1. The monoisotopic (exact) mass is 623 g/mol. The van der Waals surface area contributed by atoms with Crippen LogP contribution in [0.15, 0.2) is 42.6 Å². The molecule has 0 saturated heterocycles. The number of thiophene rings is 1. The van der Waals surface area contributed by atoms with Gasteiger partial charge in [-0.3, -0.25) is 14.6 Å². The van der Waals surface area contributed by atoms with E-state index in [9.17, 15) is 9.59 Å². The number of anilines is 3. The van der Waals surface area contributed by atoms with Crippen LogP contribution in [0.4, 0.5) is 17.1 Å². The highest BCUT2D eigenvalue weighted by Crippen LogP contribution is 2.32. The minimum Gasteiger partial charge on any atom is -0.383 e. The summed E-state index contributed by atoms with van der Waals surface area (Å²) in [5.41, 5.74) is 4.92. The van der Waals surface area contributed by atoms with Crippen LogP contribution in [0.1, 0.15) is 77.3 Å². The second kappa shape index (κ2) is 14.6. The van der Waals surface area contributed by atoms with E-state index in [-0.39, 0.29) is 17.9 Å². The Morgan fingerprint density at radius 2 is 1.98 bits per heavy atom. The van der Waals surface area contributed by atoms with Gasteiger partial charge >= 0.3 is 0 Å². The number of methoxy groups -OCH3 is 1. The molecule has 0 spiro atoms. The summed E-state index contributed by atoms with van der Waals surface area (Å²) < 4.78 is 5.28. The molecule has 2 atom stereocenters. The van der Waals surface area contributed by atoms with Gasteiger partial charge in [-0.05, 0) is 81.0 Å². The van der Waals surface area contributed by atoms with Crippen molar-refractivity contribution in [2.75, 3.05) is 42.3 Å². The van der Waals surface area contributed by atoms with E-state index in [1.54, 1.807) is 13.3 Å². The van der Waals surface area contributed by atoms with Gasteiger partial charge in [-0.15, -0.1) is 11.3 Å². The molecule has 0 radical (unpaired) electrons. The SMILES string of the molecule is COCCN1CCCc2cc(NC(=O)C(CC3CCCC3)NC(=O)c3ccc(C(C)Nc4cc(Cl)cnc4C)s3)ccc21. The Hall–Kier alpha value is -3.14. The average molecular weight is 624 g/mol. The molecule has 2 unspecified atom stereocenters. The molecule has 1 aliphatic heterocycles. The van der Waals surface area contributed by atoms with Crippen LogP contribution in [0.25, 0.3) is 0 Å². The quantitative estimate of drug-likeness (QED) is 0.201. The Labute approximate surface area is 263 Å². The molecule has 10 heteroatoms. The Balaban J connectivity index is 1.26. The van der Waals surface area contributed by atoms with E-state index in [0.717, 1.165) is 60.7 Å². The zero-order valence-electron chi connectivity index (χ0n) is 25.2. The van der Waals surface area contributed by atoms with Crippen molar-refractivity contribution in [2.24, 2.45) is 5.92 Å². The van der Waals surface area contributed by atoms with Crippen molar-refractivity contribution in [1.82, 2.24) is 10.3 Å². The van der Waals surface area contributed by atoms with E-state index < -0.39 is 6.04 Å². The van der Waals surface area contributed by atoms with Gasteiger partial charge < -0.3 is 25.6 Å². The lowest BCUT2D eigenvalue weighted by atomic mass is 9.97. The van der Waals surface area contributed by atoms with Crippen LogP contribution in [0.5, 0.6) is 0 Å². The molecule has 1 aromatic carbocycles. The summed E-state index contributed by atoms with van der Waals surface area (Å²) in [5, 5.41) is 10.2. The third-order valence-electron chi connectivity index (χ3n) is 8.50. The van der Waals surface area contributed by atoms with Crippen molar-refractivity contribution in [2.45, 2.75) is 70.9 Å². The maximum absolute atomic E-state index is 13.6. The van der Waals surface area contributed by atoms with E-state index in [1.165, 1.54) is 35.4 Å². The Bertz CT molecular complexity index is 1420. The zero-order valence-corrected chi connectivity index (χ0v) is 26.8. The molecule has 3 N–H and O–H groups in total. The molecule has 5 rings (SSSR count). The second-order valence-corrected chi connectivity index (χ2v) is 13.2. The normalized spacial score (nSPS) is 16.4. The number of carbonyl (C=O) groups is 2. The fourth-order valence-electron chi connectivity index (χ4n) is 6.12. The third kappa shape index (κ3) is 8.08. The summed E-state index contributed by atoms with van der Waals surface area (Å²) in [6.07, 6.45) is 8.87. The van der Waals surface area contributed by atoms with Gasteiger partial charge in [-0.25, -0.2) is 0 Å². The molecular formula is C33H42ClN5O3S. The van der Waals surface area contributed by atoms with Gasteiger partial charge in [-0.2, -0.15) is 0 Å². The van der Waals surface area contributed by atoms with Gasteiger partial charge in [0.25, 0.3) is 5.91 Å².